The topological polar surface area (TPSA) is 21.3 Å². The van der Waals surface area contributed by atoms with Crippen molar-refractivity contribution in [3.63, 3.8) is 0 Å². The summed E-state index contributed by atoms with van der Waals surface area (Å²) >= 11 is 0. The van der Waals surface area contributed by atoms with E-state index in [1.807, 2.05) is 6.07 Å². The SMILES string of the molecule is CC(C)(C)CCNCCOCc1ccccc1F. The molecule has 1 aromatic carbocycles. The Kier molecular flexibility index (Phi) is 6.30. The molecule has 2 nitrogen and oxygen atoms in total. The lowest BCUT2D eigenvalue weighted by Crippen LogP contribution is -2.24. The van der Waals surface area contributed by atoms with E-state index in [9.17, 15) is 4.39 Å². The van der Waals surface area contributed by atoms with Gasteiger partial charge in [-0.1, -0.05) is 39.0 Å². The Hall–Kier alpha value is -0.930. The molecule has 1 aromatic rings. The Morgan fingerprint density at radius 3 is 2.56 bits per heavy atom. The summed E-state index contributed by atoms with van der Waals surface area (Å²) < 4.78 is 18.7. The number of nitrogens with one attached hydrogen (secondary N) is 1. The molecule has 0 bridgehead atoms. The summed E-state index contributed by atoms with van der Waals surface area (Å²) in [5, 5.41) is 3.32. The molecule has 0 heterocycles. The second kappa shape index (κ2) is 7.49. The van der Waals surface area contributed by atoms with Crippen molar-refractivity contribution in [3.05, 3.63) is 35.6 Å². The van der Waals surface area contributed by atoms with Crippen LogP contribution in [0.3, 0.4) is 0 Å². The summed E-state index contributed by atoms with van der Waals surface area (Å²) in [7, 11) is 0. The van der Waals surface area contributed by atoms with Crippen molar-refractivity contribution in [2.45, 2.75) is 33.8 Å². The lowest BCUT2D eigenvalue weighted by Gasteiger charge is -2.18. The van der Waals surface area contributed by atoms with Gasteiger partial charge in [0.05, 0.1) is 13.2 Å². The van der Waals surface area contributed by atoms with Gasteiger partial charge in [-0.3, -0.25) is 0 Å². The van der Waals surface area contributed by atoms with Crippen LogP contribution in [0.5, 0.6) is 0 Å². The molecule has 3 heteroatoms. The predicted octanol–water partition coefficient (Wildman–Crippen LogP) is 3.37. The van der Waals surface area contributed by atoms with Gasteiger partial charge in [0.15, 0.2) is 0 Å². The van der Waals surface area contributed by atoms with E-state index in [0.717, 1.165) is 19.5 Å². The summed E-state index contributed by atoms with van der Waals surface area (Å²) in [6.45, 7) is 9.43. The normalized spacial score (nSPS) is 11.8. The molecule has 0 amide bonds. The third-order valence-electron chi connectivity index (χ3n) is 2.69. The number of rotatable bonds is 7. The molecule has 0 unspecified atom stereocenters. The molecular formula is C15H24FNO. The van der Waals surface area contributed by atoms with Gasteiger partial charge in [-0.15, -0.1) is 0 Å². The largest absolute Gasteiger partial charge is 0.375 e. The number of hydrogen-bond donors (Lipinski definition) is 1. The van der Waals surface area contributed by atoms with E-state index in [2.05, 4.69) is 26.1 Å². The second-order valence-corrected chi connectivity index (χ2v) is 5.70. The van der Waals surface area contributed by atoms with Crippen molar-refractivity contribution in [2.24, 2.45) is 5.41 Å². The third-order valence-corrected chi connectivity index (χ3v) is 2.69. The Morgan fingerprint density at radius 1 is 1.17 bits per heavy atom. The van der Waals surface area contributed by atoms with Gasteiger partial charge in [-0.25, -0.2) is 4.39 Å². The Morgan fingerprint density at radius 2 is 1.89 bits per heavy atom. The van der Waals surface area contributed by atoms with Gasteiger partial charge in [-0.05, 0) is 24.4 Å². The first kappa shape index (κ1) is 15.1. The minimum Gasteiger partial charge on any atom is -0.375 e. The quantitative estimate of drug-likeness (QED) is 0.752. The molecule has 102 valence electrons. The molecule has 0 fully saturated rings. The second-order valence-electron chi connectivity index (χ2n) is 5.70. The average molecular weight is 253 g/mol. The van der Waals surface area contributed by atoms with Gasteiger partial charge >= 0.3 is 0 Å². The predicted molar refractivity (Wildman–Crippen MR) is 73.0 cm³/mol. The molecule has 1 rings (SSSR count). The van der Waals surface area contributed by atoms with Crippen LogP contribution in [0.4, 0.5) is 4.39 Å². The van der Waals surface area contributed by atoms with Crippen LogP contribution in [0.1, 0.15) is 32.8 Å². The first-order valence-electron chi connectivity index (χ1n) is 6.51. The zero-order valence-corrected chi connectivity index (χ0v) is 11.6. The van der Waals surface area contributed by atoms with Gasteiger partial charge in [-0.2, -0.15) is 0 Å². The number of hydrogen-bond acceptors (Lipinski definition) is 2. The Balaban J connectivity index is 2.04. The van der Waals surface area contributed by atoms with Crippen LogP contribution in [0.15, 0.2) is 24.3 Å². The van der Waals surface area contributed by atoms with E-state index in [-0.39, 0.29) is 5.82 Å². The zero-order chi connectivity index (χ0) is 13.4. The van der Waals surface area contributed by atoms with E-state index < -0.39 is 0 Å². The van der Waals surface area contributed by atoms with Crippen molar-refractivity contribution in [1.29, 1.82) is 0 Å². The molecule has 1 N–H and O–H groups in total. The van der Waals surface area contributed by atoms with Crippen molar-refractivity contribution < 1.29 is 9.13 Å². The van der Waals surface area contributed by atoms with E-state index in [0.29, 0.717) is 24.2 Å². The monoisotopic (exact) mass is 253 g/mol. The fourth-order valence-corrected chi connectivity index (χ4v) is 1.53. The molecule has 0 spiro atoms. The standard InChI is InChI=1S/C15H24FNO/c1-15(2,3)8-9-17-10-11-18-12-13-6-4-5-7-14(13)16/h4-7,17H,8-12H2,1-3H3. The number of benzene rings is 1. The van der Waals surface area contributed by atoms with Crippen LogP contribution in [0.25, 0.3) is 0 Å². The van der Waals surface area contributed by atoms with E-state index in [4.69, 9.17) is 4.74 Å². The van der Waals surface area contributed by atoms with Crippen LogP contribution >= 0.6 is 0 Å². The first-order valence-corrected chi connectivity index (χ1v) is 6.51. The third kappa shape index (κ3) is 6.72. The highest BCUT2D eigenvalue weighted by Crippen LogP contribution is 2.16. The maximum Gasteiger partial charge on any atom is 0.128 e. The highest BCUT2D eigenvalue weighted by molar-refractivity contribution is 5.16. The van der Waals surface area contributed by atoms with E-state index in [1.165, 1.54) is 6.07 Å². The van der Waals surface area contributed by atoms with Gasteiger partial charge < -0.3 is 10.1 Å². The van der Waals surface area contributed by atoms with Gasteiger partial charge in [0.1, 0.15) is 5.82 Å². The molecule has 18 heavy (non-hydrogen) atoms. The lowest BCUT2D eigenvalue weighted by molar-refractivity contribution is 0.120. The van der Waals surface area contributed by atoms with Gasteiger partial charge in [0, 0.05) is 12.1 Å². The van der Waals surface area contributed by atoms with Crippen molar-refractivity contribution in [2.75, 3.05) is 19.7 Å². The molecule has 0 aliphatic rings. The van der Waals surface area contributed by atoms with Crippen LogP contribution in [0, 0.1) is 11.2 Å². The van der Waals surface area contributed by atoms with Crippen LogP contribution in [0.2, 0.25) is 0 Å². The maximum absolute atomic E-state index is 13.3. The molecule has 0 aromatic heterocycles. The summed E-state index contributed by atoms with van der Waals surface area (Å²) in [5.74, 6) is -0.196. The molecule has 0 aliphatic heterocycles. The Bertz CT molecular complexity index is 347. The molecule has 0 aliphatic carbocycles. The first-order chi connectivity index (χ1) is 8.49. The van der Waals surface area contributed by atoms with Gasteiger partial charge in [0.25, 0.3) is 0 Å². The van der Waals surface area contributed by atoms with Crippen molar-refractivity contribution >= 4 is 0 Å². The molecular weight excluding hydrogens is 229 g/mol. The zero-order valence-electron chi connectivity index (χ0n) is 11.6. The summed E-state index contributed by atoms with van der Waals surface area (Å²) in [4.78, 5) is 0. The lowest BCUT2D eigenvalue weighted by atomic mass is 9.92. The molecule has 0 radical (unpaired) electrons. The number of halogens is 1. The Labute approximate surface area is 110 Å². The average Bonchev–Trinajstić information content (AvgIpc) is 2.28. The number of ether oxygens (including phenoxy) is 1. The van der Waals surface area contributed by atoms with Gasteiger partial charge in [0.2, 0.25) is 0 Å². The highest BCUT2D eigenvalue weighted by Gasteiger charge is 2.08. The fourth-order valence-electron chi connectivity index (χ4n) is 1.53. The fraction of sp³-hybridized carbons (Fsp3) is 0.600. The van der Waals surface area contributed by atoms with Crippen LogP contribution in [-0.4, -0.2) is 19.7 Å². The summed E-state index contributed by atoms with van der Waals surface area (Å²) in [6.07, 6.45) is 1.14. The minimum absolute atomic E-state index is 0.196. The summed E-state index contributed by atoms with van der Waals surface area (Å²) in [5.41, 5.74) is 0.980. The molecule has 0 saturated carbocycles. The van der Waals surface area contributed by atoms with Crippen molar-refractivity contribution in [1.82, 2.24) is 5.32 Å². The molecule has 0 atom stereocenters. The summed E-state index contributed by atoms with van der Waals surface area (Å²) in [6, 6.07) is 6.72. The molecule has 0 saturated heterocycles. The van der Waals surface area contributed by atoms with E-state index >= 15 is 0 Å². The highest BCUT2D eigenvalue weighted by atomic mass is 19.1. The van der Waals surface area contributed by atoms with E-state index in [1.54, 1.807) is 12.1 Å². The maximum atomic E-state index is 13.3. The van der Waals surface area contributed by atoms with Crippen LogP contribution < -0.4 is 5.32 Å². The van der Waals surface area contributed by atoms with Crippen molar-refractivity contribution in [3.8, 4) is 0 Å². The van der Waals surface area contributed by atoms with Crippen LogP contribution in [-0.2, 0) is 11.3 Å². The smallest absolute Gasteiger partial charge is 0.128 e. The minimum atomic E-state index is -0.196.